The van der Waals surface area contributed by atoms with Crippen molar-refractivity contribution in [3.63, 3.8) is 0 Å². The average Bonchev–Trinajstić information content (AvgIpc) is 2.28. The first-order valence-corrected chi connectivity index (χ1v) is 6.95. The molecule has 1 aromatic heterocycles. The molecule has 0 saturated heterocycles. The van der Waals surface area contributed by atoms with Crippen LogP contribution < -0.4 is 5.32 Å². The molecule has 17 heavy (non-hydrogen) atoms. The van der Waals surface area contributed by atoms with Gasteiger partial charge in [-0.3, -0.25) is 4.98 Å². The van der Waals surface area contributed by atoms with E-state index >= 15 is 0 Å². The van der Waals surface area contributed by atoms with E-state index < -0.39 is 0 Å². The van der Waals surface area contributed by atoms with Crippen LogP contribution in [0.25, 0.3) is 10.9 Å². The van der Waals surface area contributed by atoms with Crippen LogP contribution in [-0.2, 0) is 6.42 Å². The first-order chi connectivity index (χ1) is 8.11. The van der Waals surface area contributed by atoms with Crippen molar-refractivity contribution in [2.45, 2.75) is 20.3 Å². The molecule has 2 nitrogen and oxygen atoms in total. The Bertz CT molecular complexity index is 535. The lowest BCUT2D eigenvalue weighted by Crippen LogP contribution is -2.01. The molecule has 3 heteroatoms. The largest absolute Gasteiger partial charge is 0.388 e. The van der Waals surface area contributed by atoms with Gasteiger partial charge in [0.15, 0.2) is 0 Å². The summed E-state index contributed by atoms with van der Waals surface area (Å²) in [7, 11) is 1.97. The van der Waals surface area contributed by atoms with Crippen molar-refractivity contribution in [2.75, 3.05) is 12.4 Å². The summed E-state index contributed by atoms with van der Waals surface area (Å²) < 4.78 is 1.21. The molecule has 1 N–H and O–H groups in total. The minimum atomic E-state index is 0.631. The van der Waals surface area contributed by atoms with E-state index in [2.05, 4.69) is 66.0 Å². The Morgan fingerprint density at radius 2 is 2.12 bits per heavy atom. The molecule has 0 aliphatic heterocycles. The highest BCUT2D eigenvalue weighted by Crippen LogP contribution is 2.27. The van der Waals surface area contributed by atoms with E-state index in [1.165, 1.54) is 20.3 Å². The zero-order chi connectivity index (χ0) is 12.4. The van der Waals surface area contributed by atoms with Gasteiger partial charge in [0, 0.05) is 27.4 Å². The number of para-hydroxylation sites is 1. The van der Waals surface area contributed by atoms with Crippen LogP contribution in [0.5, 0.6) is 0 Å². The summed E-state index contributed by atoms with van der Waals surface area (Å²) in [5, 5.41) is 4.47. The number of nitrogens with one attached hydrogen (secondary N) is 1. The summed E-state index contributed by atoms with van der Waals surface area (Å²) >= 11 is 2.35. The molecule has 1 aromatic carbocycles. The van der Waals surface area contributed by atoms with Crippen LogP contribution in [0, 0.1) is 9.49 Å². The highest BCUT2D eigenvalue weighted by atomic mass is 127. The number of nitrogens with zero attached hydrogens (tertiary/aromatic N) is 1. The van der Waals surface area contributed by atoms with Gasteiger partial charge in [-0.1, -0.05) is 26.0 Å². The molecule has 0 radical (unpaired) electrons. The second kappa shape index (κ2) is 5.21. The lowest BCUT2D eigenvalue weighted by molar-refractivity contribution is 0.637. The average molecular weight is 340 g/mol. The number of anilines is 1. The van der Waals surface area contributed by atoms with Gasteiger partial charge in [0.2, 0.25) is 0 Å². The normalized spacial score (nSPS) is 11.1. The number of hydrogen-bond donors (Lipinski definition) is 1. The molecule has 0 amide bonds. The first-order valence-electron chi connectivity index (χ1n) is 5.87. The summed E-state index contributed by atoms with van der Waals surface area (Å²) in [5.74, 6) is 0.631. The van der Waals surface area contributed by atoms with E-state index in [-0.39, 0.29) is 0 Å². The van der Waals surface area contributed by atoms with E-state index in [1.807, 2.05) is 7.05 Å². The first kappa shape index (κ1) is 12.6. The zero-order valence-electron chi connectivity index (χ0n) is 10.4. The third-order valence-corrected chi connectivity index (χ3v) is 3.60. The van der Waals surface area contributed by atoms with Gasteiger partial charge < -0.3 is 5.32 Å². The molecule has 0 saturated carbocycles. The van der Waals surface area contributed by atoms with Gasteiger partial charge in [-0.05, 0) is 47.1 Å². The maximum atomic E-state index is 4.78. The van der Waals surface area contributed by atoms with Gasteiger partial charge >= 0.3 is 0 Å². The molecular weight excluding hydrogens is 323 g/mol. The highest BCUT2D eigenvalue weighted by Gasteiger charge is 2.08. The highest BCUT2D eigenvalue weighted by molar-refractivity contribution is 14.1. The van der Waals surface area contributed by atoms with Crippen molar-refractivity contribution in [2.24, 2.45) is 5.92 Å². The second-order valence-corrected chi connectivity index (χ2v) is 5.81. The predicted octanol–water partition coefficient (Wildman–Crippen LogP) is 4.08. The Morgan fingerprint density at radius 1 is 1.35 bits per heavy atom. The molecule has 0 fully saturated rings. The molecule has 2 rings (SSSR count). The number of halogens is 1. The van der Waals surface area contributed by atoms with Crippen molar-refractivity contribution in [1.29, 1.82) is 0 Å². The molecule has 0 aliphatic carbocycles. The van der Waals surface area contributed by atoms with E-state index in [0.29, 0.717) is 5.92 Å². The van der Waals surface area contributed by atoms with Gasteiger partial charge in [-0.25, -0.2) is 0 Å². The van der Waals surface area contributed by atoms with E-state index in [1.54, 1.807) is 0 Å². The molecule has 0 bridgehead atoms. The second-order valence-electron chi connectivity index (χ2n) is 4.65. The summed E-state index contributed by atoms with van der Waals surface area (Å²) in [6.07, 6.45) is 1.02. The van der Waals surface area contributed by atoms with Crippen molar-refractivity contribution in [3.05, 3.63) is 33.5 Å². The standard InChI is InChI=1S/C14H17IN2/c1-9(2)7-10-8-13(16-3)11-5-4-6-12(15)14(11)17-10/h4-6,8-9H,7H2,1-3H3,(H,16,17). The maximum Gasteiger partial charge on any atom is 0.0859 e. The molecule has 2 aromatic rings. The topological polar surface area (TPSA) is 24.9 Å². The third kappa shape index (κ3) is 2.70. The predicted molar refractivity (Wildman–Crippen MR) is 82.5 cm³/mol. The number of fused-ring (bicyclic) bond motifs is 1. The van der Waals surface area contributed by atoms with Crippen LogP contribution in [0.15, 0.2) is 24.3 Å². The molecule has 1 heterocycles. The van der Waals surface area contributed by atoms with E-state index in [9.17, 15) is 0 Å². The fourth-order valence-corrected chi connectivity index (χ4v) is 2.61. The van der Waals surface area contributed by atoms with E-state index in [4.69, 9.17) is 4.98 Å². The van der Waals surface area contributed by atoms with Crippen LogP contribution in [-0.4, -0.2) is 12.0 Å². The van der Waals surface area contributed by atoms with Crippen molar-refractivity contribution < 1.29 is 0 Å². The van der Waals surface area contributed by atoms with Gasteiger partial charge in [-0.15, -0.1) is 0 Å². The van der Waals surface area contributed by atoms with Gasteiger partial charge in [0.25, 0.3) is 0 Å². The fourth-order valence-electron chi connectivity index (χ4n) is 2.00. The molecule has 0 aliphatic rings. The van der Waals surface area contributed by atoms with Gasteiger partial charge in [0.05, 0.1) is 5.52 Å². The van der Waals surface area contributed by atoms with Crippen LogP contribution in [0.2, 0.25) is 0 Å². The number of rotatable bonds is 3. The Kier molecular flexibility index (Phi) is 3.86. The number of pyridine rings is 1. The Morgan fingerprint density at radius 3 is 2.76 bits per heavy atom. The monoisotopic (exact) mass is 340 g/mol. The van der Waals surface area contributed by atoms with Crippen molar-refractivity contribution >= 4 is 39.2 Å². The number of benzene rings is 1. The van der Waals surface area contributed by atoms with Gasteiger partial charge in [-0.2, -0.15) is 0 Å². The molecule has 0 spiro atoms. The lowest BCUT2D eigenvalue weighted by Gasteiger charge is -2.11. The van der Waals surface area contributed by atoms with Crippen LogP contribution in [0.1, 0.15) is 19.5 Å². The Labute approximate surface area is 116 Å². The molecule has 90 valence electrons. The fraction of sp³-hybridized carbons (Fsp3) is 0.357. The van der Waals surface area contributed by atoms with Gasteiger partial charge in [0.1, 0.15) is 0 Å². The van der Waals surface area contributed by atoms with Crippen LogP contribution in [0.3, 0.4) is 0 Å². The summed E-state index contributed by atoms with van der Waals surface area (Å²) in [4.78, 5) is 4.78. The molecule has 0 atom stereocenters. The Balaban J connectivity index is 2.63. The SMILES string of the molecule is CNc1cc(CC(C)C)nc2c(I)cccc12. The summed E-state index contributed by atoms with van der Waals surface area (Å²) in [6, 6.07) is 8.47. The minimum absolute atomic E-state index is 0.631. The van der Waals surface area contributed by atoms with Crippen LogP contribution in [0.4, 0.5) is 5.69 Å². The van der Waals surface area contributed by atoms with E-state index in [0.717, 1.165) is 11.9 Å². The zero-order valence-corrected chi connectivity index (χ0v) is 12.6. The molecular formula is C14H17IN2. The summed E-state index contributed by atoms with van der Waals surface area (Å²) in [6.45, 7) is 4.45. The molecule has 0 unspecified atom stereocenters. The maximum absolute atomic E-state index is 4.78. The minimum Gasteiger partial charge on any atom is -0.388 e. The summed E-state index contributed by atoms with van der Waals surface area (Å²) in [5.41, 5.74) is 3.45. The Hall–Kier alpha value is -0.840. The third-order valence-electron chi connectivity index (χ3n) is 2.73. The van der Waals surface area contributed by atoms with Crippen molar-refractivity contribution in [3.8, 4) is 0 Å². The van der Waals surface area contributed by atoms with Crippen molar-refractivity contribution in [1.82, 2.24) is 4.98 Å². The quantitative estimate of drug-likeness (QED) is 0.852. The lowest BCUT2D eigenvalue weighted by atomic mass is 10.1. The number of aromatic nitrogens is 1. The van der Waals surface area contributed by atoms with Crippen LogP contribution >= 0.6 is 22.6 Å². The number of hydrogen-bond acceptors (Lipinski definition) is 2. The smallest absolute Gasteiger partial charge is 0.0859 e.